The minimum atomic E-state index is -0.0377. The predicted octanol–water partition coefficient (Wildman–Crippen LogP) is 6.25. The van der Waals surface area contributed by atoms with Crippen molar-refractivity contribution in [2.24, 2.45) is 0 Å². The van der Waals surface area contributed by atoms with Crippen LogP contribution in [0.3, 0.4) is 0 Å². The number of fused-ring (bicyclic) bond motifs is 1. The zero-order valence-corrected chi connectivity index (χ0v) is 19.4. The van der Waals surface area contributed by atoms with Crippen molar-refractivity contribution in [3.8, 4) is 5.75 Å². The molecule has 34 heavy (non-hydrogen) atoms. The molecule has 0 fully saturated rings. The van der Waals surface area contributed by atoms with Crippen LogP contribution >= 0.6 is 0 Å². The van der Waals surface area contributed by atoms with Crippen molar-refractivity contribution in [3.05, 3.63) is 126 Å². The molecule has 1 unspecified atom stereocenters. The lowest BCUT2D eigenvalue weighted by molar-refractivity contribution is 0.322. The summed E-state index contributed by atoms with van der Waals surface area (Å²) in [6.07, 6.45) is 0. The van der Waals surface area contributed by atoms with Crippen LogP contribution in [-0.4, -0.2) is 21.0 Å². The summed E-state index contributed by atoms with van der Waals surface area (Å²) >= 11 is 0. The number of hydrogen-bond acceptors (Lipinski definition) is 3. The van der Waals surface area contributed by atoms with E-state index >= 15 is 0 Å². The first-order valence-electron chi connectivity index (χ1n) is 11.9. The van der Waals surface area contributed by atoms with Crippen LogP contribution in [0.25, 0.3) is 0 Å². The normalized spacial score (nSPS) is 15.2. The average molecular weight is 444 g/mol. The maximum absolute atomic E-state index is 6.38. The Hall–Kier alpha value is -3.66. The van der Waals surface area contributed by atoms with Crippen molar-refractivity contribution in [1.29, 1.82) is 0 Å². The van der Waals surface area contributed by atoms with Crippen LogP contribution in [0.2, 0.25) is 5.82 Å². The number of nitrogens with zero attached hydrogens (tertiary/aromatic N) is 2. The highest BCUT2D eigenvalue weighted by Gasteiger charge is 2.22. The Morgan fingerprint density at radius 2 is 1.29 bits per heavy atom. The van der Waals surface area contributed by atoms with Gasteiger partial charge in [0.2, 0.25) is 0 Å². The largest absolute Gasteiger partial charge is 0.492 e. The van der Waals surface area contributed by atoms with E-state index in [4.69, 9.17) is 12.6 Å². The minimum Gasteiger partial charge on any atom is -0.492 e. The molecule has 0 N–H and O–H groups in total. The van der Waals surface area contributed by atoms with Crippen molar-refractivity contribution in [2.75, 3.05) is 23.0 Å². The molecule has 0 saturated carbocycles. The quantitative estimate of drug-likeness (QED) is 0.314. The molecule has 5 rings (SSSR count). The van der Waals surface area contributed by atoms with Crippen LogP contribution in [0, 0.1) is 0 Å². The van der Waals surface area contributed by atoms with Crippen LogP contribution < -0.4 is 14.5 Å². The summed E-state index contributed by atoms with van der Waals surface area (Å²) < 4.78 is 6.11. The van der Waals surface area contributed by atoms with Crippen LogP contribution in [0.1, 0.15) is 16.7 Å². The molecule has 4 heteroatoms. The van der Waals surface area contributed by atoms with Gasteiger partial charge in [-0.3, -0.25) is 0 Å². The van der Waals surface area contributed by atoms with Gasteiger partial charge in [0.1, 0.15) is 5.75 Å². The molecular formula is C30H29BN2O. The standard InChI is InChI=1S/C30H29BN2O/c31-27-22-33(21-26-14-8-3-9-15-26)29-18-28(16-17-30(29)34-23-27)32(19-24-10-4-1-5-11-24)20-25-12-6-2-7-13-25/h1-18,27H,19-23H2. The average Bonchev–Trinajstić information content (AvgIpc) is 3.03. The van der Waals surface area contributed by atoms with Gasteiger partial charge in [0.05, 0.1) is 20.1 Å². The van der Waals surface area contributed by atoms with Gasteiger partial charge in [-0.2, -0.15) is 0 Å². The molecular weight excluding hydrogens is 415 g/mol. The van der Waals surface area contributed by atoms with Gasteiger partial charge < -0.3 is 14.5 Å². The van der Waals surface area contributed by atoms with Crippen molar-refractivity contribution >= 4 is 19.2 Å². The molecule has 0 saturated heterocycles. The van der Waals surface area contributed by atoms with E-state index in [1.54, 1.807) is 0 Å². The number of rotatable bonds is 7. The van der Waals surface area contributed by atoms with Crippen LogP contribution in [-0.2, 0) is 19.6 Å². The Kier molecular flexibility index (Phi) is 6.85. The SMILES string of the molecule is [B]C1COc2ccc(N(Cc3ccccc3)Cc3ccccc3)cc2N(Cc2ccccc2)C1. The fourth-order valence-electron chi connectivity index (χ4n) is 4.50. The van der Waals surface area contributed by atoms with Gasteiger partial charge in [0.15, 0.2) is 0 Å². The number of hydrogen-bond donors (Lipinski definition) is 0. The summed E-state index contributed by atoms with van der Waals surface area (Å²) in [6.45, 7) is 3.73. The number of anilines is 2. The van der Waals surface area contributed by atoms with E-state index in [1.165, 1.54) is 22.4 Å². The van der Waals surface area contributed by atoms with E-state index in [-0.39, 0.29) is 5.82 Å². The van der Waals surface area contributed by atoms with E-state index in [2.05, 4.69) is 119 Å². The van der Waals surface area contributed by atoms with Crippen molar-refractivity contribution in [1.82, 2.24) is 0 Å². The van der Waals surface area contributed by atoms with E-state index in [0.29, 0.717) is 6.61 Å². The van der Waals surface area contributed by atoms with Gasteiger partial charge in [0, 0.05) is 31.9 Å². The Morgan fingerprint density at radius 3 is 1.88 bits per heavy atom. The van der Waals surface area contributed by atoms with Gasteiger partial charge in [0.25, 0.3) is 0 Å². The molecule has 168 valence electrons. The number of benzene rings is 4. The monoisotopic (exact) mass is 444 g/mol. The lowest BCUT2D eigenvalue weighted by atomic mass is 9.88. The molecule has 1 atom stereocenters. The predicted molar refractivity (Wildman–Crippen MR) is 142 cm³/mol. The molecule has 4 aromatic rings. The Balaban J connectivity index is 1.50. The first-order chi connectivity index (χ1) is 16.7. The lowest BCUT2D eigenvalue weighted by Crippen LogP contribution is -2.27. The Labute approximate surface area is 204 Å². The first-order valence-corrected chi connectivity index (χ1v) is 11.9. The summed E-state index contributed by atoms with van der Waals surface area (Å²) in [7, 11) is 6.38. The first kappa shape index (κ1) is 22.2. The maximum atomic E-state index is 6.38. The van der Waals surface area contributed by atoms with Crippen molar-refractivity contribution in [2.45, 2.75) is 25.5 Å². The number of ether oxygens (including phenoxy) is 1. The summed E-state index contributed by atoms with van der Waals surface area (Å²) in [5.41, 5.74) is 6.10. The van der Waals surface area contributed by atoms with Crippen LogP contribution in [0.5, 0.6) is 5.75 Å². The molecule has 4 aromatic carbocycles. The Bertz CT molecular complexity index is 1140. The zero-order valence-electron chi connectivity index (χ0n) is 19.4. The zero-order chi connectivity index (χ0) is 23.2. The van der Waals surface area contributed by atoms with E-state index in [1.807, 2.05) is 0 Å². The molecule has 0 aromatic heterocycles. The van der Waals surface area contributed by atoms with Gasteiger partial charge in [-0.05, 0) is 40.7 Å². The van der Waals surface area contributed by atoms with Gasteiger partial charge >= 0.3 is 0 Å². The topological polar surface area (TPSA) is 15.7 Å². The molecule has 0 bridgehead atoms. The smallest absolute Gasteiger partial charge is 0.142 e. The highest BCUT2D eigenvalue weighted by Crippen LogP contribution is 2.37. The molecule has 0 spiro atoms. The summed E-state index contributed by atoms with van der Waals surface area (Å²) in [4.78, 5) is 4.78. The third-order valence-electron chi connectivity index (χ3n) is 6.20. The molecule has 1 aliphatic heterocycles. The summed E-state index contributed by atoms with van der Waals surface area (Å²) in [5.74, 6) is 0.858. The molecule has 1 aliphatic rings. The minimum absolute atomic E-state index is 0.0377. The molecule has 2 radical (unpaired) electrons. The van der Waals surface area contributed by atoms with Gasteiger partial charge in [-0.25, -0.2) is 0 Å². The Morgan fingerprint density at radius 1 is 0.735 bits per heavy atom. The highest BCUT2D eigenvalue weighted by atomic mass is 16.5. The van der Waals surface area contributed by atoms with Crippen LogP contribution in [0.15, 0.2) is 109 Å². The second-order valence-electron chi connectivity index (χ2n) is 8.92. The lowest BCUT2D eigenvalue weighted by Gasteiger charge is -2.29. The van der Waals surface area contributed by atoms with Gasteiger partial charge in [-0.15, -0.1) is 0 Å². The van der Waals surface area contributed by atoms with Gasteiger partial charge in [-0.1, -0.05) is 91.0 Å². The van der Waals surface area contributed by atoms with Crippen molar-refractivity contribution in [3.63, 3.8) is 0 Å². The highest BCUT2D eigenvalue weighted by molar-refractivity contribution is 6.12. The molecule has 3 nitrogen and oxygen atoms in total. The molecule has 0 amide bonds. The molecule has 1 heterocycles. The fourth-order valence-corrected chi connectivity index (χ4v) is 4.50. The second kappa shape index (κ2) is 10.5. The van der Waals surface area contributed by atoms with E-state index < -0.39 is 0 Å². The van der Waals surface area contributed by atoms with Crippen molar-refractivity contribution < 1.29 is 4.74 Å². The molecule has 0 aliphatic carbocycles. The fraction of sp³-hybridized carbons (Fsp3) is 0.200. The van der Waals surface area contributed by atoms with E-state index in [9.17, 15) is 0 Å². The third-order valence-corrected chi connectivity index (χ3v) is 6.20. The second-order valence-corrected chi connectivity index (χ2v) is 8.92. The summed E-state index contributed by atoms with van der Waals surface area (Å²) in [5, 5.41) is 0. The van der Waals surface area contributed by atoms with Crippen LogP contribution in [0.4, 0.5) is 11.4 Å². The van der Waals surface area contributed by atoms with E-state index in [0.717, 1.165) is 37.6 Å². The third kappa shape index (κ3) is 5.45. The maximum Gasteiger partial charge on any atom is 0.142 e. The summed E-state index contributed by atoms with van der Waals surface area (Å²) in [6, 6.07) is 38.4.